The molecule has 0 spiro atoms. The molecule has 0 aliphatic rings. The van der Waals surface area contributed by atoms with E-state index in [0.29, 0.717) is 18.0 Å². The van der Waals surface area contributed by atoms with E-state index in [1.165, 1.54) is 0 Å². The van der Waals surface area contributed by atoms with Crippen molar-refractivity contribution in [3.05, 3.63) is 29.3 Å². The molecule has 14 heavy (non-hydrogen) atoms. The minimum Gasteiger partial charge on any atom is -0.399 e. The summed E-state index contributed by atoms with van der Waals surface area (Å²) >= 11 is 11.1. The quantitative estimate of drug-likeness (QED) is 0.639. The summed E-state index contributed by atoms with van der Waals surface area (Å²) in [6, 6.07) is 5.37. The molecule has 2 N–H and O–H groups in total. The van der Waals surface area contributed by atoms with Crippen molar-refractivity contribution in [1.82, 2.24) is 0 Å². The van der Waals surface area contributed by atoms with Crippen LogP contribution in [-0.4, -0.2) is 11.7 Å². The number of halogens is 2. The lowest BCUT2D eigenvalue weighted by molar-refractivity contribution is -0.116. The fourth-order valence-electron chi connectivity index (χ4n) is 1.20. The summed E-state index contributed by atoms with van der Waals surface area (Å²) in [6.45, 7) is 0. The zero-order valence-corrected chi connectivity index (χ0v) is 9.11. The monoisotopic (exact) mass is 231 g/mol. The molecule has 76 valence electrons. The molecule has 0 fully saturated rings. The third-order valence-corrected chi connectivity index (χ3v) is 2.50. The van der Waals surface area contributed by atoms with Crippen LogP contribution in [0.5, 0.6) is 0 Å². The van der Waals surface area contributed by atoms with Crippen molar-refractivity contribution in [2.45, 2.75) is 12.3 Å². The standard InChI is InChI=1S/C10H11Cl2NO/c11-5-7-1-2-9(13)3-8(7)4-10(14)6-12/h1-3H,4-6,13H2. The first-order chi connectivity index (χ1) is 6.67. The molecule has 1 rings (SSSR count). The van der Waals surface area contributed by atoms with Crippen molar-refractivity contribution in [2.75, 3.05) is 11.6 Å². The highest BCUT2D eigenvalue weighted by Crippen LogP contribution is 2.16. The summed E-state index contributed by atoms with van der Waals surface area (Å²) < 4.78 is 0. The lowest BCUT2D eigenvalue weighted by Gasteiger charge is -2.06. The number of Topliss-reactive ketones (excluding diaryl/α,β-unsaturated/α-hetero) is 1. The summed E-state index contributed by atoms with van der Waals surface area (Å²) in [6.07, 6.45) is 0.302. The van der Waals surface area contributed by atoms with Gasteiger partial charge in [0.2, 0.25) is 0 Å². The van der Waals surface area contributed by atoms with E-state index in [1.54, 1.807) is 12.1 Å². The van der Waals surface area contributed by atoms with E-state index in [1.807, 2.05) is 6.07 Å². The molecule has 0 amide bonds. The number of ketones is 1. The Labute approximate surface area is 93.0 Å². The summed E-state index contributed by atoms with van der Waals surface area (Å²) in [5.74, 6) is 0.380. The first kappa shape index (κ1) is 11.3. The Morgan fingerprint density at radius 2 is 2.00 bits per heavy atom. The lowest BCUT2D eigenvalue weighted by Crippen LogP contribution is -2.06. The van der Waals surface area contributed by atoms with Gasteiger partial charge in [0.05, 0.1) is 5.88 Å². The molecule has 0 heterocycles. The average molecular weight is 232 g/mol. The third-order valence-electron chi connectivity index (χ3n) is 1.91. The number of hydrogen-bond donors (Lipinski definition) is 1. The molecule has 1 aromatic rings. The van der Waals surface area contributed by atoms with Gasteiger partial charge in [0, 0.05) is 18.0 Å². The number of nitrogen functional groups attached to an aromatic ring is 1. The maximum atomic E-state index is 11.1. The average Bonchev–Trinajstić information content (AvgIpc) is 2.18. The first-order valence-corrected chi connectivity index (χ1v) is 5.25. The van der Waals surface area contributed by atoms with Gasteiger partial charge in [-0.05, 0) is 23.3 Å². The van der Waals surface area contributed by atoms with E-state index in [2.05, 4.69) is 0 Å². The molecular weight excluding hydrogens is 221 g/mol. The molecule has 0 saturated carbocycles. The third kappa shape index (κ3) is 2.89. The number of carbonyl (C=O) groups excluding carboxylic acids is 1. The van der Waals surface area contributed by atoms with E-state index >= 15 is 0 Å². The maximum absolute atomic E-state index is 11.1. The molecule has 0 aliphatic carbocycles. The van der Waals surface area contributed by atoms with Gasteiger partial charge in [-0.2, -0.15) is 0 Å². The lowest BCUT2D eigenvalue weighted by atomic mass is 10.0. The second-order valence-corrected chi connectivity index (χ2v) is 3.55. The van der Waals surface area contributed by atoms with E-state index in [4.69, 9.17) is 28.9 Å². The van der Waals surface area contributed by atoms with Crippen molar-refractivity contribution in [2.24, 2.45) is 0 Å². The molecule has 0 bridgehead atoms. The van der Waals surface area contributed by atoms with E-state index < -0.39 is 0 Å². The summed E-state index contributed by atoms with van der Waals surface area (Å²) in [5, 5.41) is 0. The van der Waals surface area contributed by atoms with Gasteiger partial charge in [-0.15, -0.1) is 23.2 Å². The second-order valence-electron chi connectivity index (χ2n) is 3.01. The van der Waals surface area contributed by atoms with Crippen molar-refractivity contribution in [3.8, 4) is 0 Å². The minimum atomic E-state index is -0.0244. The van der Waals surface area contributed by atoms with Gasteiger partial charge in [-0.3, -0.25) is 4.79 Å². The predicted molar refractivity (Wildman–Crippen MR) is 59.8 cm³/mol. The fourth-order valence-corrected chi connectivity index (χ4v) is 1.56. The van der Waals surface area contributed by atoms with E-state index in [-0.39, 0.29) is 11.7 Å². The van der Waals surface area contributed by atoms with Crippen LogP contribution in [0.2, 0.25) is 0 Å². The molecule has 1 aromatic carbocycles. The molecule has 0 unspecified atom stereocenters. The first-order valence-electron chi connectivity index (χ1n) is 4.18. The van der Waals surface area contributed by atoms with Crippen LogP contribution in [0.25, 0.3) is 0 Å². The smallest absolute Gasteiger partial charge is 0.151 e. The normalized spacial score (nSPS) is 10.1. The number of rotatable bonds is 4. The Kier molecular flexibility index (Phi) is 4.23. The van der Waals surface area contributed by atoms with Crippen molar-refractivity contribution < 1.29 is 4.79 Å². The Morgan fingerprint density at radius 3 is 2.57 bits per heavy atom. The molecule has 0 aromatic heterocycles. The van der Waals surface area contributed by atoms with Crippen LogP contribution in [0.15, 0.2) is 18.2 Å². The van der Waals surface area contributed by atoms with Gasteiger partial charge < -0.3 is 5.73 Å². The van der Waals surface area contributed by atoms with Gasteiger partial charge in [-0.25, -0.2) is 0 Å². The van der Waals surface area contributed by atoms with Gasteiger partial charge in [-0.1, -0.05) is 6.07 Å². The molecule has 0 atom stereocenters. The number of carbonyl (C=O) groups is 1. The van der Waals surface area contributed by atoms with Crippen molar-refractivity contribution in [3.63, 3.8) is 0 Å². The van der Waals surface area contributed by atoms with Crippen LogP contribution in [0, 0.1) is 0 Å². The number of benzene rings is 1. The van der Waals surface area contributed by atoms with Crippen LogP contribution < -0.4 is 5.73 Å². The fraction of sp³-hybridized carbons (Fsp3) is 0.300. The van der Waals surface area contributed by atoms with Crippen molar-refractivity contribution >= 4 is 34.7 Å². The zero-order valence-electron chi connectivity index (χ0n) is 7.59. The number of nitrogens with two attached hydrogens (primary N) is 1. The Morgan fingerprint density at radius 1 is 1.29 bits per heavy atom. The highest BCUT2D eigenvalue weighted by Gasteiger charge is 2.07. The Hall–Kier alpha value is -0.730. The summed E-state index contributed by atoms with van der Waals surface area (Å²) in [7, 11) is 0. The summed E-state index contributed by atoms with van der Waals surface area (Å²) in [5.41, 5.74) is 8.04. The van der Waals surface area contributed by atoms with Crippen LogP contribution in [-0.2, 0) is 17.1 Å². The Balaban J connectivity index is 2.93. The largest absolute Gasteiger partial charge is 0.399 e. The molecule has 2 nitrogen and oxygen atoms in total. The van der Waals surface area contributed by atoms with Crippen LogP contribution in [0.4, 0.5) is 5.69 Å². The number of hydrogen-bond acceptors (Lipinski definition) is 2. The van der Waals surface area contributed by atoms with Gasteiger partial charge in [0.15, 0.2) is 5.78 Å². The Bertz CT molecular complexity index is 339. The highest BCUT2D eigenvalue weighted by molar-refractivity contribution is 6.27. The van der Waals surface area contributed by atoms with Crippen molar-refractivity contribution in [1.29, 1.82) is 0 Å². The summed E-state index contributed by atoms with van der Waals surface area (Å²) in [4.78, 5) is 11.1. The number of alkyl halides is 2. The minimum absolute atomic E-state index is 0.0243. The highest BCUT2D eigenvalue weighted by atomic mass is 35.5. The van der Waals surface area contributed by atoms with E-state index in [9.17, 15) is 4.79 Å². The van der Waals surface area contributed by atoms with Crippen LogP contribution >= 0.6 is 23.2 Å². The topological polar surface area (TPSA) is 43.1 Å². The van der Waals surface area contributed by atoms with Gasteiger partial charge >= 0.3 is 0 Å². The molecule has 0 radical (unpaired) electrons. The number of anilines is 1. The predicted octanol–water partition coefficient (Wildman–Crippen LogP) is 2.36. The SMILES string of the molecule is Nc1ccc(CCl)c(CC(=O)CCl)c1. The van der Waals surface area contributed by atoms with Gasteiger partial charge in [0.1, 0.15) is 0 Å². The van der Waals surface area contributed by atoms with Gasteiger partial charge in [0.25, 0.3) is 0 Å². The van der Waals surface area contributed by atoms with Crippen LogP contribution in [0.1, 0.15) is 11.1 Å². The van der Waals surface area contributed by atoms with Crippen LogP contribution in [0.3, 0.4) is 0 Å². The second kappa shape index (κ2) is 5.23. The maximum Gasteiger partial charge on any atom is 0.151 e. The molecule has 0 aliphatic heterocycles. The molecule has 0 saturated heterocycles. The van der Waals surface area contributed by atoms with E-state index in [0.717, 1.165) is 11.1 Å². The zero-order chi connectivity index (χ0) is 10.6. The molecular formula is C10H11Cl2NO. The molecule has 4 heteroatoms.